The van der Waals surface area contributed by atoms with Crippen molar-refractivity contribution in [2.24, 2.45) is 5.92 Å². The molecule has 0 spiro atoms. The van der Waals surface area contributed by atoms with Gasteiger partial charge in [-0.1, -0.05) is 18.7 Å². The zero-order valence-electron chi connectivity index (χ0n) is 11.3. The smallest absolute Gasteiger partial charge is 0.353 e. The zero-order valence-corrected chi connectivity index (χ0v) is 12.1. The van der Waals surface area contributed by atoms with Crippen molar-refractivity contribution in [3.8, 4) is 0 Å². The Morgan fingerprint density at radius 1 is 1.55 bits per heavy atom. The van der Waals surface area contributed by atoms with Crippen LogP contribution in [0.25, 0.3) is 0 Å². The highest BCUT2D eigenvalue weighted by Crippen LogP contribution is 2.47. The van der Waals surface area contributed by atoms with Gasteiger partial charge in [-0.15, -0.1) is 0 Å². The topological polar surface area (TPSA) is 86.7 Å². The summed E-state index contributed by atoms with van der Waals surface area (Å²) in [5, 5.41) is 13.4. The van der Waals surface area contributed by atoms with E-state index in [0.717, 1.165) is 6.42 Å². The lowest BCUT2D eigenvalue weighted by Gasteiger charge is -2.42. The minimum Gasteiger partial charge on any atom is -0.477 e. The molecule has 2 amide bonds. The number of nitrogens with zero attached hydrogens (tertiary/aromatic N) is 1. The molecule has 2 N–H and O–H groups in total. The number of carboxylic acid groups (broad SMARTS) is 1. The van der Waals surface area contributed by atoms with Gasteiger partial charge in [0.25, 0.3) is 0 Å². The molecule has 6 nitrogen and oxygen atoms in total. The fourth-order valence-corrected chi connectivity index (χ4v) is 3.44. The predicted molar refractivity (Wildman–Crippen MR) is 74.2 cm³/mol. The van der Waals surface area contributed by atoms with Gasteiger partial charge >= 0.3 is 5.97 Å². The average Bonchev–Trinajstić information content (AvgIpc) is 2.70. The van der Waals surface area contributed by atoms with Gasteiger partial charge in [-0.25, -0.2) is 4.79 Å². The second kappa shape index (κ2) is 5.70. The van der Waals surface area contributed by atoms with Crippen molar-refractivity contribution in [3.63, 3.8) is 0 Å². The number of rotatable bonds is 5. The van der Waals surface area contributed by atoms with Crippen LogP contribution < -0.4 is 5.32 Å². The first-order chi connectivity index (χ1) is 9.47. The largest absolute Gasteiger partial charge is 0.477 e. The standard InChI is InChI=1S/C13H16N2O4S/c1-3-8-9-6-10(20-5-4-14-7(2)16)11(13(18)19)15(9)12(8)17/h4-5,8-9H,3,6H2,1-2H3,(H,14,16)(H,18,19)/t8-,9-/m1/s1. The molecule has 0 unspecified atom stereocenters. The number of carbonyl (C=O) groups excluding carboxylic acids is 2. The minimum absolute atomic E-state index is 0.0183. The molecule has 2 aliphatic rings. The third-order valence-corrected chi connectivity index (χ3v) is 4.37. The fourth-order valence-electron chi connectivity index (χ4n) is 2.58. The van der Waals surface area contributed by atoms with Crippen LogP contribution in [0, 0.1) is 5.92 Å². The second-order valence-electron chi connectivity index (χ2n) is 4.69. The molecule has 2 heterocycles. The maximum Gasteiger partial charge on any atom is 0.353 e. The quantitative estimate of drug-likeness (QED) is 0.746. The van der Waals surface area contributed by atoms with Crippen LogP contribution in [0.2, 0.25) is 0 Å². The van der Waals surface area contributed by atoms with Crippen LogP contribution in [0.5, 0.6) is 0 Å². The number of β-lactam (4-membered cyclic amide) rings is 1. The van der Waals surface area contributed by atoms with E-state index >= 15 is 0 Å². The summed E-state index contributed by atoms with van der Waals surface area (Å²) in [7, 11) is 0. The van der Waals surface area contributed by atoms with E-state index in [9.17, 15) is 19.5 Å². The third kappa shape index (κ3) is 2.45. The Hall–Kier alpha value is -1.76. The lowest BCUT2D eigenvalue weighted by molar-refractivity contribution is -0.155. The minimum atomic E-state index is -1.08. The number of amides is 2. The molecule has 0 aromatic rings. The Morgan fingerprint density at radius 3 is 2.80 bits per heavy atom. The summed E-state index contributed by atoms with van der Waals surface area (Å²) in [4.78, 5) is 36.0. The first-order valence-corrected chi connectivity index (χ1v) is 7.23. The highest BCUT2D eigenvalue weighted by molar-refractivity contribution is 8.05. The molecular formula is C13H16N2O4S. The summed E-state index contributed by atoms with van der Waals surface area (Å²) in [6.07, 6.45) is 2.77. The van der Waals surface area contributed by atoms with Crippen LogP contribution in [0.15, 0.2) is 22.2 Å². The summed E-state index contributed by atoms with van der Waals surface area (Å²) in [5.41, 5.74) is 0.0853. The Morgan fingerprint density at radius 2 is 2.25 bits per heavy atom. The number of nitrogens with one attached hydrogen (secondary N) is 1. The van der Waals surface area contributed by atoms with E-state index in [2.05, 4.69) is 5.32 Å². The molecule has 20 heavy (non-hydrogen) atoms. The first-order valence-electron chi connectivity index (χ1n) is 6.35. The van der Waals surface area contributed by atoms with Crippen molar-refractivity contribution in [2.75, 3.05) is 0 Å². The summed E-state index contributed by atoms with van der Waals surface area (Å²) < 4.78 is 0. The second-order valence-corrected chi connectivity index (χ2v) is 5.69. The van der Waals surface area contributed by atoms with E-state index < -0.39 is 5.97 Å². The maximum absolute atomic E-state index is 11.9. The average molecular weight is 296 g/mol. The number of hydrogen-bond donors (Lipinski definition) is 2. The Bertz CT molecular complexity index is 526. The number of thioether (sulfide) groups is 1. The van der Waals surface area contributed by atoms with Crippen molar-refractivity contribution in [1.82, 2.24) is 10.2 Å². The number of hydrogen-bond acceptors (Lipinski definition) is 4. The van der Waals surface area contributed by atoms with Gasteiger partial charge < -0.3 is 15.3 Å². The van der Waals surface area contributed by atoms with E-state index in [-0.39, 0.29) is 29.5 Å². The molecule has 2 rings (SSSR count). The van der Waals surface area contributed by atoms with Crippen LogP contribution in [0.3, 0.4) is 0 Å². The van der Waals surface area contributed by atoms with Gasteiger partial charge in [-0.3, -0.25) is 9.59 Å². The molecule has 2 atom stereocenters. The monoisotopic (exact) mass is 296 g/mol. The van der Waals surface area contributed by atoms with Gasteiger partial charge in [0, 0.05) is 24.4 Å². The Labute approximate surface area is 120 Å². The predicted octanol–water partition coefficient (Wildman–Crippen LogP) is 1.26. The van der Waals surface area contributed by atoms with Crippen LogP contribution in [0.4, 0.5) is 0 Å². The van der Waals surface area contributed by atoms with E-state index in [1.165, 1.54) is 29.8 Å². The molecule has 0 saturated carbocycles. The molecule has 1 saturated heterocycles. The van der Waals surface area contributed by atoms with Crippen LogP contribution in [-0.4, -0.2) is 33.8 Å². The lowest BCUT2D eigenvalue weighted by atomic mass is 9.85. The maximum atomic E-state index is 11.9. The normalized spacial score (nSPS) is 24.9. The molecule has 2 aliphatic heterocycles. The third-order valence-electron chi connectivity index (χ3n) is 3.46. The van der Waals surface area contributed by atoms with Crippen molar-refractivity contribution in [3.05, 3.63) is 22.2 Å². The Balaban J connectivity index is 2.11. The molecule has 0 aliphatic carbocycles. The van der Waals surface area contributed by atoms with E-state index in [1.54, 1.807) is 5.41 Å². The molecule has 0 bridgehead atoms. The van der Waals surface area contributed by atoms with Crippen molar-refractivity contribution < 1.29 is 19.5 Å². The van der Waals surface area contributed by atoms with Gasteiger partial charge in [0.2, 0.25) is 11.8 Å². The summed E-state index contributed by atoms with van der Waals surface area (Å²) in [6, 6.07) is -0.0183. The highest BCUT2D eigenvalue weighted by Gasteiger charge is 2.54. The van der Waals surface area contributed by atoms with Crippen molar-refractivity contribution >= 4 is 29.5 Å². The number of carboxylic acids is 1. The summed E-state index contributed by atoms with van der Waals surface area (Å²) in [5.74, 6) is -1.44. The van der Waals surface area contributed by atoms with Crippen molar-refractivity contribution in [2.45, 2.75) is 32.7 Å². The van der Waals surface area contributed by atoms with Crippen LogP contribution in [-0.2, 0) is 14.4 Å². The first kappa shape index (κ1) is 14.6. The lowest BCUT2D eigenvalue weighted by Crippen LogP contribution is -2.58. The fraction of sp³-hybridized carbons (Fsp3) is 0.462. The zero-order chi connectivity index (χ0) is 14.9. The number of carbonyl (C=O) groups is 3. The molecular weight excluding hydrogens is 280 g/mol. The molecule has 0 aromatic carbocycles. The van der Waals surface area contributed by atoms with Gasteiger partial charge in [0.05, 0.1) is 12.0 Å². The molecule has 7 heteroatoms. The van der Waals surface area contributed by atoms with Gasteiger partial charge in [-0.05, 0) is 11.8 Å². The SMILES string of the molecule is CC[C@H]1C(=O)N2C(C(=O)O)=C(SC=CNC(C)=O)C[C@H]12. The van der Waals surface area contributed by atoms with E-state index in [0.29, 0.717) is 11.3 Å². The molecule has 1 fully saturated rings. The van der Waals surface area contributed by atoms with Gasteiger partial charge in [0.1, 0.15) is 5.70 Å². The molecule has 0 aromatic heterocycles. The van der Waals surface area contributed by atoms with E-state index in [4.69, 9.17) is 0 Å². The molecule has 0 radical (unpaired) electrons. The van der Waals surface area contributed by atoms with E-state index in [1.807, 2.05) is 6.92 Å². The summed E-state index contributed by atoms with van der Waals surface area (Å²) >= 11 is 1.23. The Kier molecular flexibility index (Phi) is 4.17. The summed E-state index contributed by atoms with van der Waals surface area (Å²) in [6.45, 7) is 3.32. The van der Waals surface area contributed by atoms with Gasteiger partial charge in [0.15, 0.2) is 0 Å². The van der Waals surface area contributed by atoms with Gasteiger partial charge in [-0.2, -0.15) is 0 Å². The molecule has 108 valence electrons. The number of fused-ring (bicyclic) bond motifs is 1. The van der Waals surface area contributed by atoms with Crippen molar-refractivity contribution in [1.29, 1.82) is 0 Å². The van der Waals surface area contributed by atoms with Crippen LogP contribution in [0.1, 0.15) is 26.7 Å². The van der Waals surface area contributed by atoms with Crippen LogP contribution >= 0.6 is 11.8 Å². The number of aliphatic carboxylic acids is 1. The highest BCUT2D eigenvalue weighted by atomic mass is 32.2.